The van der Waals surface area contributed by atoms with Crippen molar-refractivity contribution in [1.82, 2.24) is 10.2 Å². The highest BCUT2D eigenvalue weighted by atomic mass is 15.2. The fraction of sp³-hybridized carbons (Fsp3) is 0.647. The van der Waals surface area contributed by atoms with Crippen molar-refractivity contribution in [3.63, 3.8) is 0 Å². The second-order valence-corrected chi connectivity index (χ2v) is 6.66. The second-order valence-electron chi connectivity index (χ2n) is 6.66. The molecule has 1 saturated heterocycles. The number of likely N-dealkylation sites (tertiary alicyclic amines) is 1. The minimum Gasteiger partial charge on any atom is -0.312 e. The number of likely N-dealkylation sites (N-methyl/N-ethyl adjacent to an activating group) is 1. The van der Waals surface area contributed by atoms with E-state index in [0.29, 0.717) is 17.5 Å². The van der Waals surface area contributed by atoms with Crippen LogP contribution in [0.15, 0.2) is 30.3 Å². The number of nitrogens with one attached hydrogen (secondary N) is 1. The molecule has 0 amide bonds. The van der Waals surface area contributed by atoms with Crippen molar-refractivity contribution in [1.29, 1.82) is 0 Å². The largest absolute Gasteiger partial charge is 0.312 e. The number of nitrogens with zero attached hydrogens (tertiary/aromatic N) is 1. The highest BCUT2D eigenvalue weighted by Crippen LogP contribution is 2.32. The highest BCUT2D eigenvalue weighted by Gasteiger charge is 2.31. The third-order valence-electron chi connectivity index (χ3n) is 4.46. The fourth-order valence-electron chi connectivity index (χ4n) is 3.37. The summed E-state index contributed by atoms with van der Waals surface area (Å²) in [7, 11) is 2.07. The lowest BCUT2D eigenvalue weighted by Gasteiger charge is -2.43. The maximum Gasteiger partial charge on any atom is 0.0473 e. The topological polar surface area (TPSA) is 15.3 Å². The first-order valence-corrected chi connectivity index (χ1v) is 7.50. The Morgan fingerprint density at radius 1 is 1.21 bits per heavy atom. The number of benzene rings is 1. The SMILES string of the molecule is CNC(c1ccccc1)C(C)N1CCCC(C)(C)C1. The molecule has 1 aromatic carbocycles. The van der Waals surface area contributed by atoms with E-state index in [9.17, 15) is 0 Å². The normalized spacial score (nSPS) is 22.9. The van der Waals surface area contributed by atoms with Crippen molar-refractivity contribution < 1.29 is 0 Å². The predicted molar refractivity (Wildman–Crippen MR) is 82.3 cm³/mol. The van der Waals surface area contributed by atoms with E-state index >= 15 is 0 Å². The molecule has 1 aromatic rings. The lowest BCUT2D eigenvalue weighted by Crippen LogP contribution is -2.49. The second kappa shape index (κ2) is 6.06. The molecule has 0 aliphatic carbocycles. The summed E-state index contributed by atoms with van der Waals surface area (Å²) in [5, 5.41) is 3.50. The van der Waals surface area contributed by atoms with Crippen LogP contribution in [0.3, 0.4) is 0 Å². The fourth-order valence-corrected chi connectivity index (χ4v) is 3.37. The van der Waals surface area contributed by atoms with Gasteiger partial charge >= 0.3 is 0 Å². The Kier molecular flexibility index (Phi) is 4.64. The minimum absolute atomic E-state index is 0.412. The minimum atomic E-state index is 0.412. The third kappa shape index (κ3) is 3.58. The van der Waals surface area contributed by atoms with Crippen LogP contribution in [-0.4, -0.2) is 31.1 Å². The summed E-state index contributed by atoms with van der Waals surface area (Å²) < 4.78 is 0. The maximum atomic E-state index is 3.50. The Labute approximate surface area is 118 Å². The summed E-state index contributed by atoms with van der Waals surface area (Å²) in [5.41, 5.74) is 1.85. The van der Waals surface area contributed by atoms with Gasteiger partial charge in [-0.25, -0.2) is 0 Å². The van der Waals surface area contributed by atoms with Crippen LogP contribution in [0.25, 0.3) is 0 Å². The standard InChI is InChI=1S/C17H28N2/c1-14(19-12-8-11-17(2,3)13-19)16(18-4)15-9-6-5-7-10-15/h5-7,9-10,14,16,18H,8,11-13H2,1-4H3. The molecule has 2 atom stereocenters. The first-order chi connectivity index (χ1) is 9.03. The van der Waals surface area contributed by atoms with Gasteiger partial charge in [-0.05, 0) is 44.3 Å². The summed E-state index contributed by atoms with van der Waals surface area (Å²) in [5.74, 6) is 0. The Balaban J connectivity index is 2.10. The molecule has 1 N–H and O–H groups in total. The Bertz CT molecular complexity index is 386. The van der Waals surface area contributed by atoms with Gasteiger partial charge < -0.3 is 5.32 Å². The van der Waals surface area contributed by atoms with Crippen LogP contribution in [0.4, 0.5) is 0 Å². The van der Waals surface area contributed by atoms with E-state index in [1.165, 1.54) is 31.5 Å². The molecule has 0 aromatic heterocycles. The van der Waals surface area contributed by atoms with Gasteiger partial charge in [0.2, 0.25) is 0 Å². The Hall–Kier alpha value is -0.860. The van der Waals surface area contributed by atoms with E-state index in [1.807, 2.05) is 0 Å². The summed E-state index contributed by atoms with van der Waals surface area (Å²) in [6, 6.07) is 11.8. The molecular weight excluding hydrogens is 232 g/mol. The Morgan fingerprint density at radius 3 is 2.47 bits per heavy atom. The van der Waals surface area contributed by atoms with Gasteiger partial charge in [-0.15, -0.1) is 0 Å². The van der Waals surface area contributed by atoms with Gasteiger partial charge in [0, 0.05) is 18.6 Å². The molecule has 0 radical (unpaired) electrons. The van der Waals surface area contributed by atoms with Gasteiger partial charge in [-0.2, -0.15) is 0 Å². The van der Waals surface area contributed by atoms with E-state index in [-0.39, 0.29) is 0 Å². The zero-order chi connectivity index (χ0) is 13.9. The molecule has 0 saturated carbocycles. The van der Waals surface area contributed by atoms with Crippen LogP contribution in [-0.2, 0) is 0 Å². The van der Waals surface area contributed by atoms with Crippen molar-refractivity contribution in [2.75, 3.05) is 20.1 Å². The average Bonchev–Trinajstić information content (AvgIpc) is 2.39. The van der Waals surface area contributed by atoms with Crippen LogP contribution in [0.2, 0.25) is 0 Å². The molecule has 1 aliphatic heterocycles. The van der Waals surface area contributed by atoms with E-state index in [4.69, 9.17) is 0 Å². The van der Waals surface area contributed by atoms with E-state index < -0.39 is 0 Å². The first-order valence-electron chi connectivity index (χ1n) is 7.50. The molecule has 2 rings (SSSR count). The average molecular weight is 260 g/mol. The van der Waals surface area contributed by atoms with Crippen molar-refractivity contribution in [3.8, 4) is 0 Å². The van der Waals surface area contributed by atoms with Crippen molar-refractivity contribution in [2.24, 2.45) is 5.41 Å². The molecule has 1 heterocycles. The molecule has 2 nitrogen and oxygen atoms in total. The summed E-state index contributed by atoms with van der Waals surface area (Å²) in [6.07, 6.45) is 2.67. The maximum absolute atomic E-state index is 3.50. The van der Waals surface area contributed by atoms with Crippen molar-refractivity contribution >= 4 is 0 Å². The van der Waals surface area contributed by atoms with Gasteiger partial charge in [0.1, 0.15) is 0 Å². The van der Waals surface area contributed by atoms with Crippen LogP contribution < -0.4 is 5.32 Å². The predicted octanol–water partition coefficient (Wildman–Crippen LogP) is 3.46. The van der Waals surface area contributed by atoms with Gasteiger partial charge in [-0.3, -0.25) is 4.90 Å². The highest BCUT2D eigenvalue weighted by molar-refractivity contribution is 5.20. The number of hydrogen-bond acceptors (Lipinski definition) is 2. The summed E-state index contributed by atoms with van der Waals surface area (Å²) in [6.45, 7) is 9.58. The molecule has 19 heavy (non-hydrogen) atoms. The van der Waals surface area contributed by atoms with Gasteiger partial charge in [0.25, 0.3) is 0 Å². The zero-order valence-corrected chi connectivity index (χ0v) is 12.8. The van der Waals surface area contributed by atoms with Crippen LogP contribution >= 0.6 is 0 Å². The van der Waals surface area contributed by atoms with Crippen molar-refractivity contribution in [2.45, 2.75) is 45.7 Å². The van der Waals surface area contributed by atoms with Crippen molar-refractivity contribution in [3.05, 3.63) is 35.9 Å². The Morgan fingerprint density at radius 2 is 1.89 bits per heavy atom. The van der Waals surface area contributed by atoms with Crippen LogP contribution in [0.5, 0.6) is 0 Å². The quantitative estimate of drug-likeness (QED) is 0.892. The lowest BCUT2D eigenvalue weighted by atomic mass is 9.83. The van der Waals surface area contributed by atoms with E-state index in [0.717, 1.165) is 0 Å². The van der Waals surface area contributed by atoms with E-state index in [1.54, 1.807) is 0 Å². The number of hydrogen-bond donors (Lipinski definition) is 1. The first kappa shape index (κ1) is 14.5. The molecule has 1 aliphatic rings. The number of piperidine rings is 1. The van der Waals surface area contributed by atoms with Gasteiger partial charge in [-0.1, -0.05) is 44.2 Å². The molecule has 0 bridgehead atoms. The monoisotopic (exact) mass is 260 g/mol. The lowest BCUT2D eigenvalue weighted by molar-refractivity contribution is 0.0693. The van der Waals surface area contributed by atoms with Gasteiger partial charge in [0.15, 0.2) is 0 Å². The van der Waals surface area contributed by atoms with Crippen LogP contribution in [0, 0.1) is 5.41 Å². The van der Waals surface area contributed by atoms with E-state index in [2.05, 4.69) is 68.4 Å². The molecule has 106 valence electrons. The zero-order valence-electron chi connectivity index (χ0n) is 12.8. The third-order valence-corrected chi connectivity index (χ3v) is 4.46. The molecule has 1 fully saturated rings. The molecule has 2 unspecified atom stereocenters. The molecule has 0 spiro atoms. The van der Waals surface area contributed by atoms with Crippen LogP contribution in [0.1, 0.15) is 45.2 Å². The molecular formula is C17H28N2. The number of rotatable bonds is 4. The molecule has 2 heteroatoms. The van der Waals surface area contributed by atoms with Gasteiger partial charge in [0.05, 0.1) is 0 Å². The smallest absolute Gasteiger partial charge is 0.0473 e. The summed E-state index contributed by atoms with van der Waals surface area (Å²) >= 11 is 0. The summed E-state index contributed by atoms with van der Waals surface area (Å²) in [4.78, 5) is 2.65.